The predicted molar refractivity (Wildman–Crippen MR) is 98.0 cm³/mol. The van der Waals surface area contributed by atoms with Gasteiger partial charge in [0.25, 0.3) is 0 Å². The van der Waals surface area contributed by atoms with Gasteiger partial charge < -0.3 is 9.84 Å². The molecule has 0 fully saturated rings. The third kappa shape index (κ3) is 4.63. The van der Waals surface area contributed by atoms with Crippen LogP contribution in [0.5, 0.6) is 0 Å². The topological polar surface area (TPSA) is 80.9 Å². The molecule has 132 valence electrons. The first kappa shape index (κ1) is 17.5. The minimum absolute atomic E-state index is 0.246. The summed E-state index contributed by atoms with van der Waals surface area (Å²) in [5.41, 5.74) is 1.74. The van der Waals surface area contributed by atoms with E-state index in [0.717, 1.165) is 17.5 Å². The lowest BCUT2D eigenvalue weighted by Gasteiger charge is -2.14. The zero-order valence-electron chi connectivity index (χ0n) is 14.5. The molecule has 0 aliphatic rings. The number of carbonyl (C=O) groups excluding carboxylic acids is 1. The van der Waals surface area contributed by atoms with E-state index >= 15 is 0 Å². The van der Waals surface area contributed by atoms with Gasteiger partial charge in [-0.3, -0.25) is 9.78 Å². The van der Waals surface area contributed by atoms with Gasteiger partial charge in [-0.25, -0.2) is 0 Å². The number of rotatable bonds is 7. The Morgan fingerprint density at radius 2 is 2.08 bits per heavy atom. The first-order valence-electron chi connectivity index (χ1n) is 8.52. The lowest BCUT2D eigenvalue weighted by molar-refractivity contribution is -0.117. The van der Waals surface area contributed by atoms with Gasteiger partial charge in [-0.15, -0.1) is 0 Å². The molecular formula is C20H20N4O2. The Morgan fingerprint density at radius 1 is 1.23 bits per heavy atom. The average molecular weight is 348 g/mol. The summed E-state index contributed by atoms with van der Waals surface area (Å²) < 4.78 is 5.28. The maximum Gasteiger partial charge on any atom is 0.244 e. The quantitative estimate of drug-likeness (QED) is 0.662. The van der Waals surface area contributed by atoms with Gasteiger partial charge in [0.1, 0.15) is 6.04 Å². The average Bonchev–Trinajstić information content (AvgIpc) is 3.14. The van der Waals surface area contributed by atoms with E-state index < -0.39 is 6.04 Å². The summed E-state index contributed by atoms with van der Waals surface area (Å²) in [5.74, 6) is 0.774. The second kappa shape index (κ2) is 8.71. The highest BCUT2D eigenvalue weighted by molar-refractivity contribution is 5.92. The molecule has 0 saturated carbocycles. The van der Waals surface area contributed by atoms with Crippen LogP contribution in [0.15, 0.2) is 65.5 Å². The van der Waals surface area contributed by atoms with E-state index in [-0.39, 0.29) is 5.91 Å². The second-order valence-corrected chi connectivity index (χ2v) is 5.77. The summed E-state index contributed by atoms with van der Waals surface area (Å²) in [4.78, 5) is 20.8. The van der Waals surface area contributed by atoms with Crippen molar-refractivity contribution < 1.29 is 9.32 Å². The van der Waals surface area contributed by atoms with Crippen molar-refractivity contribution in [1.82, 2.24) is 20.4 Å². The molecule has 0 spiro atoms. The van der Waals surface area contributed by atoms with Crippen LogP contribution in [-0.2, 0) is 11.2 Å². The molecule has 3 aromatic rings. The standard InChI is InChI=1S/C20H20N4O2/c1-2-7-18-23-20(24-26-18)19(16-9-4-3-5-10-16)22-17(25)12-11-15-8-6-13-21-14-15/h3-6,8-14,19H,2,7H2,1H3,(H,22,25)/b12-11+/t19-/m0/s1. The number of hydrogen-bond acceptors (Lipinski definition) is 5. The van der Waals surface area contributed by atoms with Gasteiger partial charge in [-0.2, -0.15) is 4.98 Å². The molecule has 1 amide bonds. The van der Waals surface area contributed by atoms with Crippen LogP contribution in [0.2, 0.25) is 0 Å². The summed E-state index contributed by atoms with van der Waals surface area (Å²) in [6.45, 7) is 2.05. The van der Waals surface area contributed by atoms with Gasteiger partial charge >= 0.3 is 0 Å². The van der Waals surface area contributed by atoms with Crippen LogP contribution in [0, 0.1) is 0 Å². The number of amides is 1. The van der Waals surface area contributed by atoms with Gasteiger partial charge in [-0.1, -0.05) is 48.5 Å². The fourth-order valence-electron chi connectivity index (χ4n) is 2.48. The molecule has 26 heavy (non-hydrogen) atoms. The highest BCUT2D eigenvalue weighted by atomic mass is 16.5. The molecule has 1 atom stereocenters. The SMILES string of the molecule is CCCc1nc([C@@H](NC(=O)/C=C/c2cccnc2)c2ccccc2)no1. The van der Waals surface area contributed by atoms with E-state index in [4.69, 9.17) is 4.52 Å². The third-order valence-electron chi connectivity index (χ3n) is 3.74. The van der Waals surface area contributed by atoms with E-state index in [1.807, 2.05) is 49.4 Å². The molecule has 0 aliphatic heterocycles. The van der Waals surface area contributed by atoms with Crippen molar-refractivity contribution >= 4 is 12.0 Å². The Morgan fingerprint density at radius 3 is 2.81 bits per heavy atom. The van der Waals surface area contributed by atoms with Gasteiger partial charge in [0.05, 0.1) is 0 Å². The number of aromatic nitrogens is 3. The first-order valence-corrected chi connectivity index (χ1v) is 8.52. The van der Waals surface area contributed by atoms with E-state index in [1.165, 1.54) is 6.08 Å². The highest BCUT2D eigenvalue weighted by Gasteiger charge is 2.21. The lowest BCUT2D eigenvalue weighted by atomic mass is 10.1. The summed E-state index contributed by atoms with van der Waals surface area (Å²) in [6, 6.07) is 12.8. The van der Waals surface area contributed by atoms with Crippen molar-refractivity contribution in [3.05, 3.63) is 83.8 Å². The van der Waals surface area contributed by atoms with Gasteiger partial charge in [0.15, 0.2) is 5.82 Å². The Bertz CT molecular complexity index is 860. The molecule has 0 unspecified atom stereocenters. The molecule has 0 aliphatic carbocycles. The zero-order chi connectivity index (χ0) is 18.2. The molecule has 0 saturated heterocycles. The van der Waals surface area contributed by atoms with Crippen LogP contribution in [0.25, 0.3) is 6.08 Å². The molecule has 0 radical (unpaired) electrons. The highest BCUT2D eigenvalue weighted by Crippen LogP contribution is 2.20. The Labute approximate surface area is 152 Å². The number of aryl methyl sites for hydroxylation is 1. The first-order chi connectivity index (χ1) is 12.8. The largest absolute Gasteiger partial charge is 0.339 e. The number of hydrogen-bond donors (Lipinski definition) is 1. The molecule has 6 heteroatoms. The number of pyridine rings is 1. The van der Waals surface area contributed by atoms with E-state index in [0.29, 0.717) is 18.1 Å². The fourth-order valence-corrected chi connectivity index (χ4v) is 2.48. The minimum Gasteiger partial charge on any atom is -0.339 e. The molecule has 2 aromatic heterocycles. The summed E-state index contributed by atoms with van der Waals surface area (Å²) in [7, 11) is 0. The molecule has 1 N–H and O–H groups in total. The van der Waals surface area contributed by atoms with Crippen molar-refractivity contribution in [3.63, 3.8) is 0 Å². The van der Waals surface area contributed by atoms with Crippen molar-refractivity contribution in [1.29, 1.82) is 0 Å². The fraction of sp³-hybridized carbons (Fsp3) is 0.200. The van der Waals surface area contributed by atoms with Crippen LogP contribution in [0.4, 0.5) is 0 Å². The number of nitrogens with zero attached hydrogens (tertiary/aromatic N) is 3. The van der Waals surface area contributed by atoms with Crippen molar-refractivity contribution in [2.45, 2.75) is 25.8 Å². The summed E-state index contributed by atoms with van der Waals surface area (Å²) >= 11 is 0. The predicted octanol–water partition coefficient (Wildman–Crippen LogP) is 3.34. The van der Waals surface area contributed by atoms with E-state index in [9.17, 15) is 4.79 Å². The van der Waals surface area contributed by atoms with Gasteiger partial charge in [0, 0.05) is 24.9 Å². The molecule has 3 rings (SSSR count). The molecule has 6 nitrogen and oxygen atoms in total. The van der Waals surface area contributed by atoms with E-state index in [1.54, 1.807) is 18.5 Å². The van der Waals surface area contributed by atoms with Crippen LogP contribution in [-0.4, -0.2) is 21.0 Å². The molecule has 2 heterocycles. The monoisotopic (exact) mass is 348 g/mol. The minimum atomic E-state index is -0.475. The smallest absolute Gasteiger partial charge is 0.244 e. The molecule has 1 aromatic carbocycles. The summed E-state index contributed by atoms with van der Waals surface area (Å²) in [5, 5.41) is 6.99. The number of carbonyl (C=O) groups is 1. The molecule has 0 bridgehead atoms. The van der Waals surface area contributed by atoms with Crippen LogP contribution in [0.1, 0.15) is 42.2 Å². The van der Waals surface area contributed by atoms with Gasteiger partial charge in [-0.05, 0) is 29.7 Å². The van der Waals surface area contributed by atoms with Crippen LogP contribution >= 0.6 is 0 Å². The van der Waals surface area contributed by atoms with E-state index in [2.05, 4.69) is 20.4 Å². The van der Waals surface area contributed by atoms with Crippen LogP contribution < -0.4 is 5.32 Å². The normalized spacial score (nSPS) is 12.2. The zero-order valence-corrected chi connectivity index (χ0v) is 14.5. The number of nitrogens with one attached hydrogen (secondary N) is 1. The number of benzene rings is 1. The maximum atomic E-state index is 12.4. The lowest BCUT2D eigenvalue weighted by Crippen LogP contribution is -2.28. The van der Waals surface area contributed by atoms with Gasteiger partial charge in [0.2, 0.25) is 11.8 Å². The Balaban J connectivity index is 1.79. The maximum absolute atomic E-state index is 12.4. The molecular weight excluding hydrogens is 328 g/mol. The Kier molecular flexibility index (Phi) is 5.88. The van der Waals surface area contributed by atoms with Crippen molar-refractivity contribution in [2.24, 2.45) is 0 Å². The van der Waals surface area contributed by atoms with Crippen molar-refractivity contribution in [3.8, 4) is 0 Å². The third-order valence-corrected chi connectivity index (χ3v) is 3.74. The Hall–Kier alpha value is -3.28. The van der Waals surface area contributed by atoms with Crippen LogP contribution in [0.3, 0.4) is 0 Å². The second-order valence-electron chi connectivity index (χ2n) is 5.77. The summed E-state index contributed by atoms with van der Waals surface area (Å²) in [6.07, 6.45) is 8.19. The van der Waals surface area contributed by atoms with Crippen molar-refractivity contribution in [2.75, 3.05) is 0 Å².